The van der Waals surface area contributed by atoms with Gasteiger partial charge < -0.3 is 10.5 Å². The van der Waals surface area contributed by atoms with E-state index in [2.05, 4.69) is 4.98 Å². The van der Waals surface area contributed by atoms with Crippen molar-refractivity contribution in [2.24, 2.45) is 5.73 Å². The van der Waals surface area contributed by atoms with Gasteiger partial charge in [-0.2, -0.15) is 0 Å². The van der Waals surface area contributed by atoms with Gasteiger partial charge in [-0.3, -0.25) is 4.98 Å². The van der Waals surface area contributed by atoms with E-state index in [9.17, 15) is 8.78 Å². The summed E-state index contributed by atoms with van der Waals surface area (Å²) < 4.78 is 32.4. The molecule has 0 amide bonds. The average molecular weight is 292 g/mol. The highest BCUT2D eigenvalue weighted by Crippen LogP contribution is 2.27. The second kappa shape index (κ2) is 6.18. The standard InChI is InChI=1S/C16H18F2N2O/c1-9-8-20-14(10(2)16(9)21-3)7-13(19)11-5-4-6-12(17)15(11)18/h4-6,8,13H,7,19H2,1-3H3. The van der Waals surface area contributed by atoms with Crippen molar-refractivity contribution in [1.82, 2.24) is 4.98 Å². The van der Waals surface area contributed by atoms with Gasteiger partial charge in [-0.1, -0.05) is 12.1 Å². The van der Waals surface area contributed by atoms with Gasteiger partial charge in [0.05, 0.1) is 7.11 Å². The minimum Gasteiger partial charge on any atom is -0.496 e. The molecule has 1 heterocycles. The zero-order valence-electron chi connectivity index (χ0n) is 12.3. The number of rotatable bonds is 4. The first-order chi connectivity index (χ1) is 9.95. The third-order valence-electron chi connectivity index (χ3n) is 3.54. The zero-order valence-corrected chi connectivity index (χ0v) is 12.3. The van der Waals surface area contributed by atoms with Crippen molar-refractivity contribution in [3.63, 3.8) is 0 Å². The van der Waals surface area contributed by atoms with Gasteiger partial charge in [-0.25, -0.2) is 8.78 Å². The fourth-order valence-corrected chi connectivity index (χ4v) is 2.40. The molecular formula is C16H18F2N2O. The summed E-state index contributed by atoms with van der Waals surface area (Å²) in [6.07, 6.45) is 2.00. The largest absolute Gasteiger partial charge is 0.496 e. The Kier molecular flexibility index (Phi) is 4.53. The minimum absolute atomic E-state index is 0.149. The topological polar surface area (TPSA) is 48.1 Å². The van der Waals surface area contributed by atoms with Gasteiger partial charge in [-0.05, 0) is 19.9 Å². The first-order valence-electron chi connectivity index (χ1n) is 6.64. The molecule has 1 aromatic carbocycles. The van der Waals surface area contributed by atoms with Crippen LogP contribution in [0.15, 0.2) is 24.4 Å². The van der Waals surface area contributed by atoms with E-state index in [-0.39, 0.29) is 5.56 Å². The van der Waals surface area contributed by atoms with Crippen molar-refractivity contribution in [2.45, 2.75) is 26.3 Å². The minimum atomic E-state index is -0.901. The molecule has 0 aliphatic rings. The molecule has 2 rings (SSSR count). The molecule has 0 saturated heterocycles. The number of hydrogen-bond acceptors (Lipinski definition) is 3. The summed E-state index contributed by atoms with van der Waals surface area (Å²) in [5, 5.41) is 0. The molecule has 2 N–H and O–H groups in total. The van der Waals surface area contributed by atoms with E-state index in [1.54, 1.807) is 13.3 Å². The Bertz CT molecular complexity index is 659. The smallest absolute Gasteiger partial charge is 0.163 e. The molecule has 0 bridgehead atoms. The lowest BCUT2D eigenvalue weighted by molar-refractivity contribution is 0.406. The molecule has 5 heteroatoms. The summed E-state index contributed by atoms with van der Waals surface area (Å²) in [5.74, 6) is -1.05. The SMILES string of the molecule is COc1c(C)cnc(CC(N)c2cccc(F)c2F)c1C. The van der Waals surface area contributed by atoms with Crippen molar-refractivity contribution < 1.29 is 13.5 Å². The van der Waals surface area contributed by atoms with Crippen LogP contribution in [0.1, 0.15) is 28.4 Å². The summed E-state index contributed by atoms with van der Waals surface area (Å²) in [5.41, 5.74) is 8.66. The van der Waals surface area contributed by atoms with Crippen LogP contribution >= 0.6 is 0 Å². The van der Waals surface area contributed by atoms with Crippen LogP contribution in [0.3, 0.4) is 0 Å². The van der Waals surface area contributed by atoms with Crippen molar-refractivity contribution in [3.05, 3.63) is 58.4 Å². The molecule has 0 aliphatic heterocycles. The number of ether oxygens (including phenoxy) is 1. The van der Waals surface area contributed by atoms with E-state index in [0.29, 0.717) is 12.1 Å². The van der Waals surface area contributed by atoms with E-state index < -0.39 is 17.7 Å². The molecular weight excluding hydrogens is 274 g/mol. The second-order valence-corrected chi connectivity index (χ2v) is 5.00. The maximum Gasteiger partial charge on any atom is 0.163 e. The first-order valence-corrected chi connectivity index (χ1v) is 6.64. The summed E-state index contributed by atoms with van der Waals surface area (Å²) in [7, 11) is 1.59. The predicted octanol–water partition coefficient (Wildman–Crippen LogP) is 3.23. The maximum atomic E-state index is 13.8. The molecule has 1 unspecified atom stereocenters. The molecule has 21 heavy (non-hydrogen) atoms. The Morgan fingerprint density at radius 2 is 2.00 bits per heavy atom. The summed E-state index contributed by atoms with van der Waals surface area (Å²) in [4.78, 5) is 4.33. The van der Waals surface area contributed by atoms with Gasteiger partial charge in [0, 0.05) is 41.0 Å². The molecule has 3 nitrogen and oxygen atoms in total. The third kappa shape index (κ3) is 3.03. The monoisotopic (exact) mass is 292 g/mol. The summed E-state index contributed by atoms with van der Waals surface area (Å²) in [6.45, 7) is 3.78. The number of hydrogen-bond donors (Lipinski definition) is 1. The van der Waals surface area contributed by atoms with E-state index in [4.69, 9.17) is 10.5 Å². The average Bonchev–Trinajstić information content (AvgIpc) is 2.45. The van der Waals surface area contributed by atoms with Crippen LogP contribution < -0.4 is 10.5 Å². The Morgan fingerprint density at radius 3 is 2.67 bits per heavy atom. The number of methoxy groups -OCH3 is 1. The van der Waals surface area contributed by atoms with Gasteiger partial charge in [0.1, 0.15) is 5.75 Å². The van der Waals surface area contributed by atoms with Gasteiger partial charge in [0.25, 0.3) is 0 Å². The quantitative estimate of drug-likeness (QED) is 0.941. The Hall–Kier alpha value is -2.01. The summed E-state index contributed by atoms with van der Waals surface area (Å²) in [6, 6.07) is 3.34. The van der Waals surface area contributed by atoms with Gasteiger partial charge >= 0.3 is 0 Å². The molecule has 1 aromatic heterocycles. The van der Waals surface area contributed by atoms with Crippen LogP contribution in [0.2, 0.25) is 0 Å². The highest BCUT2D eigenvalue weighted by atomic mass is 19.2. The molecule has 1 atom stereocenters. The van der Waals surface area contributed by atoms with Crippen LogP contribution in [0, 0.1) is 25.5 Å². The molecule has 2 aromatic rings. The van der Waals surface area contributed by atoms with Crippen molar-refractivity contribution >= 4 is 0 Å². The van der Waals surface area contributed by atoms with Crippen LogP contribution in [0.25, 0.3) is 0 Å². The second-order valence-electron chi connectivity index (χ2n) is 5.00. The number of nitrogens with two attached hydrogens (primary N) is 1. The van der Waals surface area contributed by atoms with E-state index >= 15 is 0 Å². The van der Waals surface area contributed by atoms with Crippen molar-refractivity contribution in [3.8, 4) is 5.75 Å². The maximum absolute atomic E-state index is 13.8. The van der Waals surface area contributed by atoms with Crippen LogP contribution in [-0.2, 0) is 6.42 Å². The number of pyridine rings is 1. The number of nitrogens with zero attached hydrogens (tertiary/aromatic N) is 1. The highest BCUT2D eigenvalue weighted by Gasteiger charge is 2.18. The van der Waals surface area contributed by atoms with Crippen LogP contribution in [0.5, 0.6) is 5.75 Å². The molecule has 0 fully saturated rings. The van der Waals surface area contributed by atoms with E-state index in [1.807, 2.05) is 13.8 Å². The Labute approximate surface area is 122 Å². The van der Waals surface area contributed by atoms with Crippen LogP contribution in [-0.4, -0.2) is 12.1 Å². The normalized spacial score (nSPS) is 12.3. The van der Waals surface area contributed by atoms with E-state index in [1.165, 1.54) is 12.1 Å². The Balaban J connectivity index is 2.32. The van der Waals surface area contributed by atoms with Crippen molar-refractivity contribution in [2.75, 3.05) is 7.11 Å². The number of halogens is 2. The Morgan fingerprint density at radius 1 is 1.29 bits per heavy atom. The highest BCUT2D eigenvalue weighted by molar-refractivity contribution is 5.41. The lowest BCUT2D eigenvalue weighted by Gasteiger charge is -2.16. The molecule has 0 saturated carbocycles. The lowest BCUT2D eigenvalue weighted by Crippen LogP contribution is -2.17. The van der Waals surface area contributed by atoms with Gasteiger partial charge in [0.15, 0.2) is 11.6 Å². The fraction of sp³-hybridized carbons (Fsp3) is 0.312. The molecule has 0 spiro atoms. The van der Waals surface area contributed by atoms with Gasteiger partial charge in [-0.15, -0.1) is 0 Å². The van der Waals surface area contributed by atoms with Crippen molar-refractivity contribution in [1.29, 1.82) is 0 Å². The lowest BCUT2D eigenvalue weighted by atomic mass is 9.99. The van der Waals surface area contributed by atoms with Gasteiger partial charge in [0.2, 0.25) is 0 Å². The zero-order chi connectivity index (χ0) is 15.6. The molecule has 0 aliphatic carbocycles. The fourth-order valence-electron chi connectivity index (χ4n) is 2.40. The number of benzene rings is 1. The molecule has 0 radical (unpaired) electrons. The predicted molar refractivity (Wildman–Crippen MR) is 77.3 cm³/mol. The third-order valence-corrected chi connectivity index (χ3v) is 3.54. The van der Waals surface area contributed by atoms with Crippen LogP contribution in [0.4, 0.5) is 8.78 Å². The summed E-state index contributed by atoms with van der Waals surface area (Å²) >= 11 is 0. The molecule has 112 valence electrons. The number of aromatic nitrogens is 1. The first kappa shape index (κ1) is 15.4. The van der Waals surface area contributed by atoms with E-state index in [0.717, 1.165) is 22.9 Å². The number of aryl methyl sites for hydroxylation is 1.